The standard InChI is InChI=1S/C18H27N3/c1-4-19-12-16(9-10-17-13-20-21(3)14-17)11-18-8-6-5-7-15(18)2/h5-8,13-14,16,19H,4,9-12H2,1-3H3. The van der Waals surface area contributed by atoms with Gasteiger partial charge in [-0.25, -0.2) is 0 Å². The molecule has 0 amide bonds. The van der Waals surface area contributed by atoms with Crippen LogP contribution in [-0.4, -0.2) is 22.9 Å². The Labute approximate surface area is 128 Å². The molecule has 3 nitrogen and oxygen atoms in total. The molecule has 0 fully saturated rings. The first-order valence-corrected chi connectivity index (χ1v) is 7.91. The van der Waals surface area contributed by atoms with E-state index in [9.17, 15) is 0 Å². The number of hydrogen-bond donors (Lipinski definition) is 1. The fourth-order valence-corrected chi connectivity index (χ4v) is 2.75. The van der Waals surface area contributed by atoms with Crippen LogP contribution in [-0.2, 0) is 19.9 Å². The Morgan fingerprint density at radius 2 is 2.10 bits per heavy atom. The molecule has 0 saturated carbocycles. The van der Waals surface area contributed by atoms with E-state index in [4.69, 9.17) is 0 Å². The summed E-state index contributed by atoms with van der Waals surface area (Å²) in [6.45, 7) is 6.51. The van der Waals surface area contributed by atoms with Gasteiger partial charge in [-0.2, -0.15) is 5.10 Å². The normalized spacial score (nSPS) is 12.5. The minimum atomic E-state index is 0.672. The number of aromatic nitrogens is 2. The highest BCUT2D eigenvalue weighted by Crippen LogP contribution is 2.17. The summed E-state index contributed by atoms with van der Waals surface area (Å²) in [7, 11) is 1.98. The first kappa shape index (κ1) is 15.8. The SMILES string of the molecule is CCNCC(CCc1cnn(C)c1)Cc1ccccc1C. The number of benzene rings is 1. The van der Waals surface area contributed by atoms with E-state index >= 15 is 0 Å². The topological polar surface area (TPSA) is 29.9 Å². The lowest BCUT2D eigenvalue weighted by atomic mass is 9.91. The van der Waals surface area contributed by atoms with Gasteiger partial charge in [0.2, 0.25) is 0 Å². The summed E-state index contributed by atoms with van der Waals surface area (Å²) >= 11 is 0. The molecule has 3 heteroatoms. The molecule has 21 heavy (non-hydrogen) atoms. The van der Waals surface area contributed by atoms with Crippen molar-refractivity contribution in [2.75, 3.05) is 13.1 Å². The van der Waals surface area contributed by atoms with Crippen molar-refractivity contribution in [1.29, 1.82) is 0 Å². The van der Waals surface area contributed by atoms with Crippen molar-refractivity contribution in [3.05, 3.63) is 53.3 Å². The van der Waals surface area contributed by atoms with E-state index in [-0.39, 0.29) is 0 Å². The van der Waals surface area contributed by atoms with Crippen molar-refractivity contribution in [1.82, 2.24) is 15.1 Å². The van der Waals surface area contributed by atoms with E-state index in [1.807, 2.05) is 17.9 Å². The molecule has 0 spiro atoms. The summed E-state index contributed by atoms with van der Waals surface area (Å²) in [4.78, 5) is 0. The molecule has 1 aromatic heterocycles. The third-order valence-corrected chi connectivity index (χ3v) is 4.05. The first-order valence-electron chi connectivity index (χ1n) is 7.91. The number of nitrogens with one attached hydrogen (secondary N) is 1. The first-order chi connectivity index (χ1) is 10.2. The Kier molecular flexibility index (Phi) is 6.00. The molecule has 0 radical (unpaired) electrons. The lowest BCUT2D eigenvalue weighted by molar-refractivity contribution is 0.448. The zero-order valence-electron chi connectivity index (χ0n) is 13.5. The van der Waals surface area contributed by atoms with Gasteiger partial charge in [0.25, 0.3) is 0 Å². The van der Waals surface area contributed by atoms with Gasteiger partial charge >= 0.3 is 0 Å². The number of nitrogens with zero attached hydrogens (tertiary/aromatic N) is 2. The lowest BCUT2D eigenvalue weighted by Gasteiger charge is -2.18. The number of aryl methyl sites for hydroxylation is 3. The average Bonchev–Trinajstić information content (AvgIpc) is 2.89. The summed E-state index contributed by atoms with van der Waals surface area (Å²) in [6.07, 6.45) is 7.57. The van der Waals surface area contributed by atoms with Gasteiger partial charge in [0.15, 0.2) is 0 Å². The average molecular weight is 285 g/mol. The van der Waals surface area contributed by atoms with Crippen molar-refractivity contribution >= 4 is 0 Å². The van der Waals surface area contributed by atoms with Crippen molar-refractivity contribution in [3.8, 4) is 0 Å². The molecule has 1 aromatic carbocycles. The fraction of sp³-hybridized carbons (Fsp3) is 0.500. The van der Waals surface area contributed by atoms with Gasteiger partial charge in [0, 0.05) is 13.2 Å². The van der Waals surface area contributed by atoms with E-state index in [1.165, 1.54) is 23.1 Å². The fourth-order valence-electron chi connectivity index (χ4n) is 2.75. The highest BCUT2D eigenvalue weighted by molar-refractivity contribution is 5.26. The van der Waals surface area contributed by atoms with Crippen LogP contribution < -0.4 is 5.32 Å². The monoisotopic (exact) mass is 285 g/mol. The third-order valence-electron chi connectivity index (χ3n) is 4.05. The lowest BCUT2D eigenvalue weighted by Crippen LogP contribution is -2.24. The Bertz CT molecular complexity index is 545. The van der Waals surface area contributed by atoms with Crippen molar-refractivity contribution in [2.24, 2.45) is 13.0 Å². The summed E-state index contributed by atoms with van der Waals surface area (Å²) in [5.74, 6) is 0.672. The zero-order valence-corrected chi connectivity index (χ0v) is 13.5. The second-order valence-electron chi connectivity index (χ2n) is 5.87. The van der Waals surface area contributed by atoms with Gasteiger partial charge in [-0.05, 0) is 61.9 Å². The Balaban J connectivity index is 1.95. The second kappa shape index (κ2) is 7.99. The minimum absolute atomic E-state index is 0.672. The second-order valence-corrected chi connectivity index (χ2v) is 5.87. The molecule has 0 aliphatic carbocycles. The van der Waals surface area contributed by atoms with Gasteiger partial charge in [0.1, 0.15) is 0 Å². The van der Waals surface area contributed by atoms with Crippen LogP contribution in [0.15, 0.2) is 36.7 Å². The highest BCUT2D eigenvalue weighted by Gasteiger charge is 2.11. The van der Waals surface area contributed by atoms with Crippen LogP contribution in [0.4, 0.5) is 0 Å². The molecular weight excluding hydrogens is 258 g/mol. The van der Waals surface area contributed by atoms with Crippen LogP contribution in [0.5, 0.6) is 0 Å². The largest absolute Gasteiger partial charge is 0.317 e. The minimum Gasteiger partial charge on any atom is -0.317 e. The van der Waals surface area contributed by atoms with Gasteiger partial charge < -0.3 is 5.32 Å². The van der Waals surface area contributed by atoms with E-state index in [0.29, 0.717) is 5.92 Å². The van der Waals surface area contributed by atoms with E-state index in [2.05, 4.69) is 54.7 Å². The van der Waals surface area contributed by atoms with E-state index in [0.717, 1.165) is 25.9 Å². The maximum Gasteiger partial charge on any atom is 0.0521 e. The molecule has 2 rings (SSSR count). The maximum atomic E-state index is 4.26. The zero-order chi connectivity index (χ0) is 15.1. The Morgan fingerprint density at radius 3 is 2.76 bits per heavy atom. The molecular formula is C18H27N3. The molecule has 1 heterocycles. The van der Waals surface area contributed by atoms with Crippen LogP contribution >= 0.6 is 0 Å². The van der Waals surface area contributed by atoms with Gasteiger partial charge in [-0.15, -0.1) is 0 Å². The molecule has 1 unspecified atom stereocenters. The van der Waals surface area contributed by atoms with Crippen LogP contribution in [0.3, 0.4) is 0 Å². The maximum absolute atomic E-state index is 4.26. The molecule has 2 aromatic rings. The molecule has 1 N–H and O–H groups in total. The van der Waals surface area contributed by atoms with E-state index < -0.39 is 0 Å². The van der Waals surface area contributed by atoms with Crippen molar-refractivity contribution < 1.29 is 0 Å². The van der Waals surface area contributed by atoms with Crippen LogP contribution in [0.25, 0.3) is 0 Å². The van der Waals surface area contributed by atoms with Crippen LogP contribution in [0.1, 0.15) is 30.0 Å². The highest BCUT2D eigenvalue weighted by atomic mass is 15.2. The summed E-state index contributed by atoms with van der Waals surface area (Å²) < 4.78 is 1.88. The molecule has 1 atom stereocenters. The Hall–Kier alpha value is -1.61. The molecule has 0 aliphatic heterocycles. The summed E-state index contributed by atoms with van der Waals surface area (Å²) in [6, 6.07) is 8.74. The molecule has 0 aliphatic rings. The molecule has 0 saturated heterocycles. The third kappa shape index (κ3) is 5.01. The quantitative estimate of drug-likeness (QED) is 0.807. The summed E-state index contributed by atoms with van der Waals surface area (Å²) in [5, 5.41) is 7.76. The van der Waals surface area contributed by atoms with Crippen LogP contribution in [0, 0.1) is 12.8 Å². The van der Waals surface area contributed by atoms with E-state index in [1.54, 1.807) is 0 Å². The van der Waals surface area contributed by atoms with Crippen molar-refractivity contribution in [2.45, 2.75) is 33.1 Å². The molecule has 0 bridgehead atoms. The smallest absolute Gasteiger partial charge is 0.0521 e. The molecule has 114 valence electrons. The predicted octanol–water partition coefficient (Wildman–Crippen LogP) is 3.13. The number of hydrogen-bond acceptors (Lipinski definition) is 2. The van der Waals surface area contributed by atoms with Gasteiger partial charge in [-0.3, -0.25) is 4.68 Å². The Morgan fingerprint density at radius 1 is 1.29 bits per heavy atom. The predicted molar refractivity (Wildman–Crippen MR) is 88.4 cm³/mol. The van der Waals surface area contributed by atoms with Gasteiger partial charge in [0.05, 0.1) is 6.20 Å². The summed E-state index contributed by atoms with van der Waals surface area (Å²) in [5.41, 5.74) is 4.22. The number of rotatable bonds is 8. The van der Waals surface area contributed by atoms with Crippen LogP contribution in [0.2, 0.25) is 0 Å². The van der Waals surface area contributed by atoms with Gasteiger partial charge in [-0.1, -0.05) is 31.2 Å². The van der Waals surface area contributed by atoms with Crippen molar-refractivity contribution in [3.63, 3.8) is 0 Å².